The molecule has 1 aromatic carbocycles. The van der Waals surface area contributed by atoms with E-state index in [0.717, 1.165) is 38.2 Å². The number of pyridine rings is 1. The molecule has 2 aliphatic heterocycles. The molecule has 0 saturated carbocycles. The van der Waals surface area contributed by atoms with Gasteiger partial charge in [-0.05, 0) is 70.4 Å². The number of hydrogen-bond acceptors (Lipinski definition) is 6. The monoisotopic (exact) mass is 500 g/mol. The number of benzene rings is 1. The highest BCUT2D eigenvalue weighted by Crippen LogP contribution is 2.31. The van der Waals surface area contributed by atoms with Crippen molar-refractivity contribution in [3.8, 4) is 5.75 Å². The molecule has 8 nitrogen and oxygen atoms in total. The zero-order valence-electron chi connectivity index (χ0n) is 20.5. The molecule has 9 heteroatoms. The molecule has 1 aromatic heterocycles. The smallest absolute Gasteiger partial charge is 0.410 e. The summed E-state index contributed by atoms with van der Waals surface area (Å²) in [6, 6.07) is 10.5. The zero-order chi connectivity index (χ0) is 25.0. The summed E-state index contributed by atoms with van der Waals surface area (Å²) in [5, 5.41) is 3.33. The molecule has 1 N–H and O–H groups in total. The van der Waals surface area contributed by atoms with Crippen molar-refractivity contribution in [3.63, 3.8) is 0 Å². The SMILES string of the molecule is CC(C)(C)OC(=O)N1CCCC[C@@H]1C(=O)Nc1ccc(O[C@H]2CCN(c3ccccn3)C2)c(Cl)c1. The van der Waals surface area contributed by atoms with E-state index in [2.05, 4.69) is 15.2 Å². The number of aromatic nitrogens is 1. The van der Waals surface area contributed by atoms with Gasteiger partial charge >= 0.3 is 6.09 Å². The topological polar surface area (TPSA) is 84.0 Å². The number of nitrogens with one attached hydrogen (secondary N) is 1. The van der Waals surface area contributed by atoms with E-state index in [1.165, 1.54) is 4.90 Å². The van der Waals surface area contributed by atoms with Crippen LogP contribution in [-0.2, 0) is 9.53 Å². The number of ether oxygens (including phenoxy) is 2. The fourth-order valence-electron chi connectivity index (χ4n) is 4.40. The Morgan fingerprint density at radius 3 is 2.66 bits per heavy atom. The van der Waals surface area contributed by atoms with E-state index in [9.17, 15) is 9.59 Å². The summed E-state index contributed by atoms with van der Waals surface area (Å²) in [6.45, 7) is 7.54. The zero-order valence-corrected chi connectivity index (χ0v) is 21.3. The molecule has 2 fully saturated rings. The predicted molar refractivity (Wildman–Crippen MR) is 136 cm³/mol. The fourth-order valence-corrected chi connectivity index (χ4v) is 4.62. The maximum Gasteiger partial charge on any atom is 0.410 e. The molecular weight excluding hydrogens is 468 g/mol. The lowest BCUT2D eigenvalue weighted by Crippen LogP contribution is -2.51. The van der Waals surface area contributed by atoms with Gasteiger partial charge in [0.1, 0.15) is 29.3 Å². The number of likely N-dealkylation sites (tertiary alicyclic amines) is 1. The fraction of sp³-hybridized carbons (Fsp3) is 0.500. The number of hydrogen-bond donors (Lipinski definition) is 1. The van der Waals surface area contributed by atoms with Crippen LogP contribution in [0, 0.1) is 0 Å². The molecular formula is C26H33ClN4O4. The van der Waals surface area contributed by atoms with Crippen LogP contribution in [0.3, 0.4) is 0 Å². The molecule has 188 valence electrons. The van der Waals surface area contributed by atoms with Crippen LogP contribution in [0.2, 0.25) is 5.02 Å². The Hall–Kier alpha value is -3.00. The number of rotatable bonds is 5. The van der Waals surface area contributed by atoms with Crippen LogP contribution in [0.25, 0.3) is 0 Å². The van der Waals surface area contributed by atoms with E-state index in [4.69, 9.17) is 21.1 Å². The average molecular weight is 501 g/mol. The normalized spacial score (nSPS) is 20.5. The second-order valence-electron chi connectivity index (χ2n) is 9.98. The third-order valence-corrected chi connectivity index (χ3v) is 6.34. The van der Waals surface area contributed by atoms with Gasteiger partial charge in [-0.3, -0.25) is 9.69 Å². The van der Waals surface area contributed by atoms with Crippen LogP contribution >= 0.6 is 11.6 Å². The first kappa shape index (κ1) is 25.1. The summed E-state index contributed by atoms with van der Waals surface area (Å²) < 4.78 is 11.6. The number of carbonyl (C=O) groups excluding carboxylic acids is 2. The summed E-state index contributed by atoms with van der Waals surface area (Å²) in [7, 11) is 0. The maximum absolute atomic E-state index is 13.0. The Kier molecular flexibility index (Phi) is 7.69. The molecule has 2 amide bonds. The van der Waals surface area contributed by atoms with Crippen molar-refractivity contribution in [3.05, 3.63) is 47.6 Å². The quantitative estimate of drug-likeness (QED) is 0.613. The van der Waals surface area contributed by atoms with Gasteiger partial charge in [0.25, 0.3) is 0 Å². The van der Waals surface area contributed by atoms with Gasteiger partial charge < -0.3 is 19.7 Å². The van der Waals surface area contributed by atoms with Crippen LogP contribution in [0.1, 0.15) is 46.5 Å². The number of halogens is 1. The first-order valence-corrected chi connectivity index (χ1v) is 12.5. The Morgan fingerprint density at radius 1 is 1.11 bits per heavy atom. The van der Waals surface area contributed by atoms with Crippen LogP contribution in [0.5, 0.6) is 5.75 Å². The number of carbonyl (C=O) groups is 2. The third kappa shape index (κ3) is 6.57. The number of piperidine rings is 1. The second kappa shape index (κ2) is 10.7. The summed E-state index contributed by atoms with van der Waals surface area (Å²) in [4.78, 5) is 33.8. The van der Waals surface area contributed by atoms with Gasteiger partial charge in [0.15, 0.2) is 0 Å². The number of anilines is 2. The first-order chi connectivity index (χ1) is 16.7. The third-order valence-electron chi connectivity index (χ3n) is 6.04. The van der Waals surface area contributed by atoms with Crippen LogP contribution < -0.4 is 15.0 Å². The molecule has 0 spiro atoms. The summed E-state index contributed by atoms with van der Waals surface area (Å²) in [5.74, 6) is 1.26. The number of nitrogens with zero attached hydrogens (tertiary/aromatic N) is 3. The second-order valence-corrected chi connectivity index (χ2v) is 10.4. The average Bonchev–Trinajstić information content (AvgIpc) is 3.29. The van der Waals surface area contributed by atoms with E-state index in [-0.39, 0.29) is 12.0 Å². The molecule has 0 radical (unpaired) electrons. The van der Waals surface area contributed by atoms with E-state index in [1.807, 2.05) is 39.0 Å². The number of amides is 2. The molecule has 2 saturated heterocycles. The maximum atomic E-state index is 13.0. The van der Waals surface area contributed by atoms with Crippen molar-refractivity contribution >= 4 is 35.1 Å². The molecule has 3 heterocycles. The van der Waals surface area contributed by atoms with E-state index < -0.39 is 17.7 Å². The van der Waals surface area contributed by atoms with E-state index >= 15 is 0 Å². The lowest BCUT2D eigenvalue weighted by molar-refractivity contribution is -0.122. The van der Waals surface area contributed by atoms with Gasteiger partial charge in [-0.25, -0.2) is 9.78 Å². The van der Waals surface area contributed by atoms with Gasteiger partial charge in [0.05, 0.1) is 11.6 Å². The van der Waals surface area contributed by atoms with Crippen molar-refractivity contribution in [2.45, 2.75) is 64.2 Å². The standard InChI is InChI=1S/C26H33ClN4O4/c1-26(2,3)35-25(33)31-14-7-5-8-21(31)24(32)29-18-10-11-22(20(27)16-18)34-19-12-15-30(17-19)23-9-4-6-13-28-23/h4,6,9-11,13,16,19,21H,5,7-8,12,14-15,17H2,1-3H3,(H,29,32)/t19-,21+/m0/s1. The van der Waals surface area contributed by atoms with Crippen molar-refractivity contribution in [1.82, 2.24) is 9.88 Å². The van der Waals surface area contributed by atoms with Crippen LogP contribution in [-0.4, -0.2) is 59.3 Å². The Labute approximate surface area is 211 Å². The highest BCUT2D eigenvalue weighted by Gasteiger charge is 2.35. The highest BCUT2D eigenvalue weighted by molar-refractivity contribution is 6.32. The van der Waals surface area contributed by atoms with Gasteiger partial charge in [0, 0.05) is 31.4 Å². The van der Waals surface area contributed by atoms with Crippen molar-refractivity contribution in [1.29, 1.82) is 0 Å². The molecule has 4 rings (SSSR count). The van der Waals surface area contributed by atoms with Crippen LogP contribution in [0.15, 0.2) is 42.6 Å². The summed E-state index contributed by atoms with van der Waals surface area (Å²) >= 11 is 6.50. The molecule has 2 atom stereocenters. The predicted octanol–water partition coefficient (Wildman–Crippen LogP) is 5.12. The minimum absolute atomic E-state index is 0.000395. The Bertz CT molecular complexity index is 1040. The Balaban J connectivity index is 1.36. The first-order valence-electron chi connectivity index (χ1n) is 12.1. The van der Waals surface area contributed by atoms with Gasteiger partial charge in [-0.15, -0.1) is 0 Å². The minimum Gasteiger partial charge on any atom is -0.487 e. The molecule has 0 bridgehead atoms. The largest absolute Gasteiger partial charge is 0.487 e. The molecule has 0 aliphatic carbocycles. The summed E-state index contributed by atoms with van der Waals surface area (Å²) in [5.41, 5.74) is -0.0593. The van der Waals surface area contributed by atoms with Crippen molar-refractivity contribution in [2.24, 2.45) is 0 Å². The van der Waals surface area contributed by atoms with Gasteiger partial charge in [0.2, 0.25) is 5.91 Å². The van der Waals surface area contributed by atoms with Crippen molar-refractivity contribution < 1.29 is 19.1 Å². The highest BCUT2D eigenvalue weighted by atomic mass is 35.5. The molecule has 0 unspecified atom stereocenters. The summed E-state index contributed by atoms with van der Waals surface area (Å²) in [6.07, 6.45) is 4.51. The van der Waals surface area contributed by atoms with Crippen molar-refractivity contribution in [2.75, 3.05) is 29.9 Å². The Morgan fingerprint density at radius 2 is 1.94 bits per heavy atom. The lowest BCUT2D eigenvalue weighted by atomic mass is 10.0. The van der Waals surface area contributed by atoms with E-state index in [0.29, 0.717) is 29.4 Å². The van der Waals surface area contributed by atoms with Gasteiger partial charge in [-0.2, -0.15) is 0 Å². The molecule has 2 aromatic rings. The molecule has 35 heavy (non-hydrogen) atoms. The molecule has 2 aliphatic rings. The van der Waals surface area contributed by atoms with Crippen LogP contribution in [0.4, 0.5) is 16.3 Å². The minimum atomic E-state index is -0.618. The van der Waals surface area contributed by atoms with E-state index in [1.54, 1.807) is 24.4 Å². The lowest BCUT2D eigenvalue weighted by Gasteiger charge is -2.35. The van der Waals surface area contributed by atoms with Gasteiger partial charge in [-0.1, -0.05) is 17.7 Å².